The van der Waals surface area contributed by atoms with E-state index in [2.05, 4.69) is 0 Å². The van der Waals surface area contributed by atoms with Crippen molar-refractivity contribution in [1.29, 1.82) is 0 Å². The van der Waals surface area contributed by atoms with Crippen molar-refractivity contribution in [3.05, 3.63) is 0 Å². The predicted molar refractivity (Wildman–Crippen MR) is 42.8 cm³/mol. The average Bonchev–Trinajstić information content (AvgIpc) is 2.16. The first-order chi connectivity index (χ1) is 5.83. The normalized spacial score (nSPS) is 19.1. The van der Waals surface area contributed by atoms with Crippen LogP contribution in [0.2, 0.25) is 0 Å². The fourth-order valence-corrected chi connectivity index (χ4v) is 1.09. The summed E-state index contributed by atoms with van der Waals surface area (Å²) >= 11 is 0. The van der Waals surface area contributed by atoms with Gasteiger partial charge in [-0.05, 0) is 0 Å². The first kappa shape index (κ1) is 9.48. The molecule has 0 bridgehead atoms. The standard InChI is InChI=1S/C8H15NO3/c1-2-8(10)12-7-9-3-5-11-6-4-9/h2-7H2,1H3/p+1. The van der Waals surface area contributed by atoms with Crippen LogP contribution in [0.25, 0.3) is 0 Å². The number of nitrogens with one attached hydrogen (secondary N) is 1. The van der Waals surface area contributed by atoms with Crippen LogP contribution in [0.1, 0.15) is 13.3 Å². The van der Waals surface area contributed by atoms with Gasteiger partial charge in [0, 0.05) is 6.42 Å². The van der Waals surface area contributed by atoms with Crippen molar-refractivity contribution in [1.82, 2.24) is 0 Å². The van der Waals surface area contributed by atoms with E-state index < -0.39 is 0 Å². The quantitative estimate of drug-likeness (QED) is 0.547. The van der Waals surface area contributed by atoms with Gasteiger partial charge in [0.25, 0.3) is 0 Å². The number of carbonyl (C=O) groups is 1. The highest BCUT2D eigenvalue weighted by Gasteiger charge is 2.14. The number of morpholine rings is 1. The topological polar surface area (TPSA) is 40.0 Å². The molecule has 0 atom stereocenters. The number of hydrogen-bond donors (Lipinski definition) is 1. The number of quaternary nitrogens is 1. The van der Waals surface area contributed by atoms with Crippen LogP contribution in [-0.4, -0.2) is 39.0 Å². The summed E-state index contributed by atoms with van der Waals surface area (Å²) in [7, 11) is 0. The molecule has 0 aromatic heterocycles. The van der Waals surface area contributed by atoms with E-state index in [1.165, 1.54) is 4.90 Å². The Balaban J connectivity index is 2.09. The SMILES string of the molecule is CCC(=O)OC[NH+]1CCOCC1. The van der Waals surface area contributed by atoms with Crippen LogP contribution in [0.4, 0.5) is 0 Å². The van der Waals surface area contributed by atoms with Crippen molar-refractivity contribution >= 4 is 5.97 Å². The Kier molecular flexibility index (Phi) is 4.04. The Bertz CT molecular complexity index is 143. The second-order valence-corrected chi connectivity index (χ2v) is 2.88. The molecule has 70 valence electrons. The van der Waals surface area contributed by atoms with E-state index in [0.29, 0.717) is 13.2 Å². The van der Waals surface area contributed by atoms with Crippen LogP contribution in [0, 0.1) is 0 Å². The smallest absolute Gasteiger partial charge is 0.309 e. The molecule has 0 saturated carbocycles. The maximum atomic E-state index is 10.8. The van der Waals surface area contributed by atoms with Crippen LogP contribution in [0.3, 0.4) is 0 Å². The van der Waals surface area contributed by atoms with E-state index in [0.717, 1.165) is 26.3 Å². The summed E-state index contributed by atoms with van der Waals surface area (Å²) in [5.41, 5.74) is 0. The zero-order valence-electron chi connectivity index (χ0n) is 7.47. The van der Waals surface area contributed by atoms with Crippen molar-refractivity contribution in [3.63, 3.8) is 0 Å². The predicted octanol–water partition coefficient (Wildman–Crippen LogP) is -1.19. The van der Waals surface area contributed by atoms with Crippen molar-refractivity contribution in [2.45, 2.75) is 13.3 Å². The van der Waals surface area contributed by atoms with Gasteiger partial charge in [-0.25, -0.2) is 0 Å². The Morgan fingerprint density at radius 1 is 1.50 bits per heavy atom. The van der Waals surface area contributed by atoms with E-state index in [4.69, 9.17) is 9.47 Å². The molecule has 0 aromatic rings. The van der Waals surface area contributed by atoms with Crippen LogP contribution >= 0.6 is 0 Å². The van der Waals surface area contributed by atoms with Crippen molar-refractivity contribution in [2.24, 2.45) is 0 Å². The van der Waals surface area contributed by atoms with Gasteiger partial charge in [-0.15, -0.1) is 0 Å². The molecular formula is C8H16NO3+. The molecule has 0 amide bonds. The van der Waals surface area contributed by atoms with Gasteiger partial charge in [-0.3, -0.25) is 9.69 Å². The molecule has 1 heterocycles. The Morgan fingerprint density at radius 3 is 2.75 bits per heavy atom. The molecule has 0 aliphatic carbocycles. The van der Waals surface area contributed by atoms with Crippen LogP contribution in [0.15, 0.2) is 0 Å². The molecule has 0 radical (unpaired) electrons. The summed E-state index contributed by atoms with van der Waals surface area (Å²) < 4.78 is 10.2. The van der Waals surface area contributed by atoms with Gasteiger partial charge in [-0.2, -0.15) is 0 Å². The lowest BCUT2D eigenvalue weighted by molar-refractivity contribution is -0.924. The second-order valence-electron chi connectivity index (χ2n) is 2.88. The second kappa shape index (κ2) is 5.11. The minimum absolute atomic E-state index is 0.117. The molecule has 1 N–H and O–H groups in total. The molecule has 1 aliphatic rings. The van der Waals surface area contributed by atoms with Gasteiger partial charge < -0.3 is 9.47 Å². The fraction of sp³-hybridized carbons (Fsp3) is 0.875. The number of ether oxygens (including phenoxy) is 2. The van der Waals surface area contributed by atoms with Gasteiger partial charge in [0.05, 0.1) is 13.2 Å². The molecule has 4 heteroatoms. The molecule has 1 fully saturated rings. The van der Waals surface area contributed by atoms with Gasteiger partial charge in [0.15, 0.2) is 0 Å². The molecule has 0 unspecified atom stereocenters. The molecule has 1 aliphatic heterocycles. The average molecular weight is 174 g/mol. The highest BCUT2D eigenvalue weighted by Crippen LogP contribution is 1.81. The van der Waals surface area contributed by atoms with Gasteiger partial charge >= 0.3 is 5.97 Å². The van der Waals surface area contributed by atoms with Crippen LogP contribution in [0.5, 0.6) is 0 Å². The van der Waals surface area contributed by atoms with E-state index in [1.54, 1.807) is 6.92 Å². The molecular weight excluding hydrogens is 158 g/mol. The van der Waals surface area contributed by atoms with Crippen molar-refractivity contribution in [2.75, 3.05) is 33.0 Å². The van der Waals surface area contributed by atoms with Crippen molar-refractivity contribution < 1.29 is 19.2 Å². The molecule has 1 rings (SSSR count). The molecule has 0 aromatic carbocycles. The molecule has 1 saturated heterocycles. The lowest BCUT2D eigenvalue weighted by Crippen LogP contribution is -3.14. The largest absolute Gasteiger partial charge is 0.415 e. The summed E-state index contributed by atoms with van der Waals surface area (Å²) in [6.07, 6.45) is 0.462. The summed E-state index contributed by atoms with van der Waals surface area (Å²) in [5, 5.41) is 0. The van der Waals surface area contributed by atoms with E-state index in [-0.39, 0.29) is 5.97 Å². The van der Waals surface area contributed by atoms with Crippen LogP contribution in [-0.2, 0) is 14.3 Å². The number of hydrogen-bond acceptors (Lipinski definition) is 3. The van der Waals surface area contributed by atoms with E-state index >= 15 is 0 Å². The highest BCUT2D eigenvalue weighted by atomic mass is 16.5. The number of carbonyl (C=O) groups excluding carboxylic acids is 1. The maximum Gasteiger partial charge on any atom is 0.309 e. The lowest BCUT2D eigenvalue weighted by atomic mass is 10.5. The summed E-state index contributed by atoms with van der Waals surface area (Å²) in [4.78, 5) is 12.1. The van der Waals surface area contributed by atoms with Crippen molar-refractivity contribution in [3.8, 4) is 0 Å². The molecule has 4 nitrogen and oxygen atoms in total. The third-order valence-electron chi connectivity index (χ3n) is 1.93. The minimum Gasteiger partial charge on any atom is -0.415 e. The van der Waals surface area contributed by atoms with E-state index in [9.17, 15) is 4.79 Å². The summed E-state index contributed by atoms with van der Waals surface area (Å²) in [6, 6.07) is 0. The van der Waals surface area contributed by atoms with Gasteiger partial charge in [0.2, 0.25) is 6.73 Å². The molecule has 0 spiro atoms. The maximum absolute atomic E-state index is 10.8. The van der Waals surface area contributed by atoms with Crippen LogP contribution < -0.4 is 4.90 Å². The Morgan fingerprint density at radius 2 is 2.17 bits per heavy atom. The first-order valence-corrected chi connectivity index (χ1v) is 4.40. The Labute approximate surface area is 72.4 Å². The third-order valence-corrected chi connectivity index (χ3v) is 1.93. The summed E-state index contributed by atoms with van der Waals surface area (Å²) in [5.74, 6) is -0.117. The highest BCUT2D eigenvalue weighted by molar-refractivity contribution is 5.68. The fourth-order valence-electron chi connectivity index (χ4n) is 1.09. The first-order valence-electron chi connectivity index (χ1n) is 4.40. The zero-order chi connectivity index (χ0) is 8.81. The molecule has 12 heavy (non-hydrogen) atoms. The lowest BCUT2D eigenvalue weighted by Gasteiger charge is -2.22. The monoisotopic (exact) mass is 174 g/mol. The van der Waals surface area contributed by atoms with E-state index in [1.807, 2.05) is 0 Å². The third kappa shape index (κ3) is 3.19. The van der Waals surface area contributed by atoms with Gasteiger partial charge in [-0.1, -0.05) is 6.92 Å². The minimum atomic E-state index is -0.117. The van der Waals surface area contributed by atoms with Gasteiger partial charge in [0.1, 0.15) is 13.1 Å². The zero-order valence-corrected chi connectivity index (χ0v) is 7.47. The number of esters is 1. The number of rotatable bonds is 3. The summed E-state index contributed by atoms with van der Waals surface area (Å²) in [6.45, 7) is 5.74. The Hall–Kier alpha value is -0.610.